The first-order valence-electron chi connectivity index (χ1n) is 10.8. The minimum Gasteiger partial charge on any atom is -0.354 e. The van der Waals surface area contributed by atoms with E-state index < -0.39 is 22.0 Å². The minimum absolute atomic E-state index is 0.0636. The Kier molecular flexibility index (Phi) is 9.88. The molecule has 0 saturated carbocycles. The van der Waals surface area contributed by atoms with Gasteiger partial charge < -0.3 is 10.2 Å². The van der Waals surface area contributed by atoms with E-state index in [1.165, 1.54) is 4.90 Å². The van der Waals surface area contributed by atoms with E-state index in [-0.39, 0.29) is 31.5 Å². The first kappa shape index (κ1) is 26.8. The fourth-order valence-electron chi connectivity index (χ4n) is 3.14. The highest BCUT2D eigenvalue weighted by molar-refractivity contribution is 7.88. The number of hydrogen-bond acceptors (Lipinski definition) is 4. The summed E-state index contributed by atoms with van der Waals surface area (Å²) in [5.41, 5.74) is 1.55. The van der Waals surface area contributed by atoms with Crippen LogP contribution < -0.4 is 5.32 Å². The monoisotopic (exact) mass is 493 g/mol. The van der Waals surface area contributed by atoms with Crippen LogP contribution in [0.15, 0.2) is 54.6 Å². The Balaban J connectivity index is 2.27. The molecule has 1 N–H and O–H groups in total. The van der Waals surface area contributed by atoms with E-state index in [9.17, 15) is 18.0 Å². The highest BCUT2D eigenvalue weighted by Gasteiger charge is 2.29. The molecule has 0 saturated heterocycles. The molecular formula is C24H32ClN3O4S. The Morgan fingerprint density at radius 2 is 1.52 bits per heavy atom. The van der Waals surface area contributed by atoms with Crippen molar-refractivity contribution in [1.29, 1.82) is 0 Å². The van der Waals surface area contributed by atoms with Crippen molar-refractivity contribution in [1.82, 2.24) is 14.5 Å². The number of carbonyl (C=O) groups excluding carboxylic acids is 2. The van der Waals surface area contributed by atoms with Crippen molar-refractivity contribution in [2.75, 3.05) is 19.3 Å². The van der Waals surface area contributed by atoms with Crippen molar-refractivity contribution in [3.8, 4) is 0 Å². The van der Waals surface area contributed by atoms with E-state index in [4.69, 9.17) is 11.6 Å². The third-order valence-electron chi connectivity index (χ3n) is 5.10. The maximum Gasteiger partial charge on any atom is 0.242 e. The normalized spacial score (nSPS) is 12.6. The summed E-state index contributed by atoms with van der Waals surface area (Å²) in [6.45, 7) is 5.93. The highest BCUT2D eigenvalue weighted by atomic mass is 35.5. The number of rotatable bonds is 11. The molecule has 2 aromatic rings. The number of benzene rings is 2. The predicted octanol–water partition coefficient (Wildman–Crippen LogP) is 3.29. The average molecular weight is 494 g/mol. The molecule has 0 bridgehead atoms. The maximum absolute atomic E-state index is 13.4. The van der Waals surface area contributed by atoms with Gasteiger partial charge in [0.15, 0.2) is 0 Å². The first-order chi connectivity index (χ1) is 15.5. The van der Waals surface area contributed by atoms with Crippen molar-refractivity contribution in [2.24, 2.45) is 5.92 Å². The van der Waals surface area contributed by atoms with Gasteiger partial charge in [0.2, 0.25) is 21.8 Å². The maximum atomic E-state index is 13.4. The Bertz CT molecular complexity index is 1030. The van der Waals surface area contributed by atoms with Gasteiger partial charge in [0.05, 0.1) is 12.8 Å². The molecular weight excluding hydrogens is 462 g/mol. The molecule has 2 aromatic carbocycles. The molecule has 0 fully saturated rings. The van der Waals surface area contributed by atoms with Crippen molar-refractivity contribution < 1.29 is 18.0 Å². The molecule has 0 aliphatic carbocycles. The molecule has 9 heteroatoms. The summed E-state index contributed by atoms with van der Waals surface area (Å²) in [7, 11) is -3.67. The molecule has 2 amide bonds. The van der Waals surface area contributed by atoms with Gasteiger partial charge in [-0.15, -0.1) is 0 Å². The number of sulfonamides is 1. The molecule has 33 heavy (non-hydrogen) atoms. The van der Waals surface area contributed by atoms with Crippen molar-refractivity contribution in [2.45, 2.75) is 39.9 Å². The molecule has 0 aliphatic heterocycles. The van der Waals surface area contributed by atoms with Gasteiger partial charge in [-0.2, -0.15) is 4.31 Å². The van der Waals surface area contributed by atoms with Gasteiger partial charge in [0.25, 0.3) is 0 Å². The SMILES string of the molecule is CC(C)CNC(=O)[C@H](C)N(Cc1ccc(Cl)cc1)C(=O)CN(Cc1ccccc1)S(C)(=O)=O. The fraction of sp³-hybridized carbons (Fsp3) is 0.417. The van der Waals surface area contributed by atoms with Crippen LogP contribution in [0.2, 0.25) is 5.02 Å². The van der Waals surface area contributed by atoms with E-state index in [1.807, 2.05) is 32.0 Å². The Morgan fingerprint density at radius 3 is 2.06 bits per heavy atom. The molecule has 0 spiro atoms. The van der Waals surface area contributed by atoms with E-state index >= 15 is 0 Å². The van der Waals surface area contributed by atoms with E-state index in [2.05, 4.69) is 5.32 Å². The summed E-state index contributed by atoms with van der Waals surface area (Å²) in [6, 6.07) is 15.3. The van der Waals surface area contributed by atoms with E-state index in [1.54, 1.807) is 43.3 Å². The second-order valence-corrected chi connectivity index (χ2v) is 10.9. The van der Waals surface area contributed by atoms with Gasteiger partial charge >= 0.3 is 0 Å². The van der Waals surface area contributed by atoms with Crippen molar-refractivity contribution in [3.05, 3.63) is 70.7 Å². The molecule has 0 unspecified atom stereocenters. The summed E-state index contributed by atoms with van der Waals surface area (Å²) in [6.07, 6.45) is 1.07. The molecule has 2 rings (SSSR count). The topological polar surface area (TPSA) is 86.8 Å². The van der Waals surface area contributed by atoms with Gasteiger partial charge in [-0.1, -0.05) is 67.9 Å². The van der Waals surface area contributed by atoms with Crippen LogP contribution in [0.25, 0.3) is 0 Å². The third kappa shape index (κ3) is 8.79. The van der Waals surface area contributed by atoms with Crippen LogP contribution in [0.1, 0.15) is 31.9 Å². The second kappa shape index (κ2) is 12.2. The van der Waals surface area contributed by atoms with Crippen LogP contribution in [0.5, 0.6) is 0 Å². The van der Waals surface area contributed by atoms with Crippen molar-refractivity contribution in [3.63, 3.8) is 0 Å². The van der Waals surface area contributed by atoms with Crippen LogP contribution in [-0.2, 0) is 32.7 Å². The summed E-state index contributed by atoms with van der Waals surface area (Å²) in [5, 5.41) is 3.41. The predicted molar refractivity (Wildman–Crippen MR) is 131 cm³/mol. The number of hydrogen-bond donors (Lipinski definition) is 1. The van der Waals surface area contributed by atoms with E-state index in [0.29, 0.717) is 11.6 Å². The minimum atomic E-state index is -3.67. The van der Waals surface area contributed by atoms with Crippen LogP contribution in [-0.4, -0.2) is 54.8 Å². The quantitative estimate of drug-likeness (QED) is 0.520. The lowest BCUT2D eigenvalue weighted by Gasteiger charge is -2.31. The summed E-state index contributed by atoms with van der Waals surface area (Å²) >= 11 is 5.97. The zero-order valence-electron chi connectivity index (χ0n) is 19.5. The van der Waals surface area contributed by atoms with Crippen LogP contribution in [0.4, 0.5) is 0 Å². The second-order valence-electron chi connectivity index (χ2n) is 8.48. The number of nitrogens with one attached hydrogen (secondary N) is 1. The zero-order chi connectivity index (χ0) is 24.6. The van der Waals surface area contributed by atoms with E-state index in [0.717, 1.165) is 21.7 Å². The largest absolute Gasteiger partial charge is 0.354 e. The molecule has 180 valence electrons. The molecule has 0 heterocycles. The summed E-state index contributed by atoms with van der Waals surface area (Å²) in [5.74, 6) is -0.494. The lowest BCUT2D eigenvalue weighted by Crippen LogP contribution is -2.51. The lowest BCUT2D eigenvalue weighted by atomic mass is 10.1. The highest BCUT2D eigenvalue weighted by Crippen LogP contribution is 2.16. The summed E-state index contributed by atoms with van der Waals surface area (Å²) < 4.78 is 26.0. The Morgan fingerprint density at radius 1 is 0.939 bits per heavy atom. The number of carbonyl (C=O) groups is 2. The number of halogens is 1. The smallest absolute Gasteiger partial charge is 0.242 e. The molecule has 7 nitrogen and oxygen atoms in total. The lowest BCUT2D eigenvalue weighted by molar-refractivity contribution is -0.140. The molecule has 1 atom stereocenters. The third-order valence-corrected chi connectivity index (χ3v) is 6.55. The standard InChI is InChI=1S/C24H32ClN3O4S/c1-18(2)14-26-24(30)19(3)28(16-21-10-12-22(25)13-11-21)23(29)17-27(33(4,31)32)15-20-8-6-5-7-9-20/h5-13,18-19H,14-17H2,1-4H3,(H,26,30)/t19-/m0/s1. The van der Waals surface area contributed by atoms with Gasteiger partial charge in [0.1, 0.15) is 6.04 Å². The average Bonchev–Trinajstić information content (AvgIpc) is 2.76. The number of amides is 2. The Hall–Kier alpha value is -2.42. The van der Waals surface area contributed by atoms with Gasteiger partial charge in [-0.05, 0) is 36.1 Å². The first-order valence-corrected chi connectivity index (χ1v) is 13.0. The van der Waals surface area contributed by atoms with Crippen LogP contribution >= 0.6 is 11.6 Å². The fourth-order valence-corrected chi connectivity index (χ4v) is 4.00. The van der Waals surface area contributed by atoms with Gasteiger partial charge in [0, 0.05) is 24.7 Å². The zero-order valence-corrected chi connectivity index (χ0v) is 21.1. The Labute approximate surface area is 201 Å². The number of nitrogens with zero attached hydrogens (tertiary/aromatic N) is 2. The molecule has 0 aromatic heterocycles. The van der Waals surface area contributed by atoms with Crippen LogP contribution in [0, 0.1) is 5.92 Å². The van der Waals surface area contributed by atoms with Gasteiger partial charge in [-0.25, -0.2) is 8.42 Å². The summed E-state index contributed by atoms with van der Waals surface area (Å²) in [4.78, 5) is 27.5. The molecule has 0 aliphatic rings. The van der Waals surface area contributed by atoms with Crippen LogP contribution in [0.3, 0.4) is 0 Å². The molecule has 0 radical (unpaired) electrons. The van der Waals surface area contributed by atoms with Gasteiger partial charge in [-0.3, -0.25) is 9.59 Å². The van der Waals surface area contributed by atoms with Crippen molar-refractivity contribution >= 4 is 33.4 Å².